The van der Waals surface area contributed by atoms with E-state index in [2.05, 4.69) is 20.9 Å². The maximum Gasteiger partial charge on any atom is 0.247 e. The third-order valence-corrected chi connectivity index (χ3v) is 4.91. The van der Waals surface area contributed by atoms with Crippen LogP contribution < -0.4 is 4.74 Å². The number of rotatable bonds is 6. The van der Waals surface area contributed by atoms with Gasteiger partial charge in [0.25, 0.3) is 0 Å². The van der Waals surface area contributed by atoms with Crippen LogP contribution in [0.2, 0.25) is 0 Å². The van der Waals surface area contributed by atoms with Gasteiger partial charge < -0.3 is 9.64 Å². The average molecular weight is 437 g/mol. The second kappa shape index (κ2) is 9.33. The van der Waals surface area contributed by atoms with Gasteiger partial charge >= 0.3 is 0 Å². The SMILES string of the molecule is COc1ccc(Br)cc1/C=C/C(=O)N(C)[C@@H](c1ccccc1)c1ccccn1. The molecule has 1 heterocycles. The maximum atomic E-state index is 12.9. The quantitative estimate of drug-likeness (QED) is 0.503. The Balaban J connectivity index is 1.90. The standard InChI is InChI=1S/C23H21BrN2O2/c1-26(22(27)14-11-18-16-19(24)12-13-21(18)28-2)23(17-8-4-3-5-9-17)20-10-6-7-15-25-20/h3-16,23H,1-2H3/b14-11+/t23-/m0/s1. The van der Waals surface area contributed by atoms with Gasteiger partial charge in [0.2, 0.25) is 5.91 Å². The van der Waals surface area contributed by atoms with E-state index in [-0.39, 0.29) is 11.9 Å². The fourth-order valence-corrected chi connectivity index (χ4v) is 3.39. The molecule has 0 bridgehead atoms. The highest BCUT2D eigenvalue weighted by molar-refractivity contribution is 9.10. The van der Waals surface area contributed by atoms with Gasteiger partial charge in [-0.15, -0.1) is 0 Å². The number of hydrogen-bond donors (Lipinski definition) is 0. The van der Waals surface area contributed by atoms with E-state index in [1.807, 2.05) is 66.7 Å². The van der Waals surface area contributed by atoms with Crippen LogP contribution in [0.3, 0.4) is 0 Å². The van der Waals surface area contributed by atoms with E-state index < -0.39 is 0 Å². The molecule has 0 spiro atoms. The fourth-order valence-electron chi connectivity index (χ4n) is 3.01. The van der Waals surface area contributed by atoms with Gasteiger partial charge in [-0.05, 0) is 42.0 Å². The number of carbonyl (C=O) groups is 1. The predicted octanol–water partition coefficient (Wildman–Crippen LogP) is 5.11. The Labute approximate surface area is 173 Å². The Morgan fingerprint density at radius 3 is 2.54 bits per heavy atom. The third-order valence-electron chi connectivity index (χ3n) is 4.42. The lowest BCUT2D eigenvalue weighted by Gasteiger charge is -2.27. The van der Waals surface area contributed by atoms with Crippen molar-refractivity contribution in [3.05, 3.63) is 100 Å². The van der Waals surface area contributed by atoms with Gasteiger partial charge in [-0.25, -0.2) is 0 Å². The second-order valence-electron chi connectivity index (χ2n) is 6.24. The smallest absolute Gasteiger partial charge is 0.247 e. The van der Waals surface area contributed by atoms with Crippen molar-refractivity contribution in [1.29, 1.82) is 0 Å². The number of pyridine rings is 1. The predicted molar refractivity (Wildman–Crippen MR) is 115 cm³/mol. The number of carbonyl (C=O) groups excluding carboxylic acids is 1. The number of nitrogens with zero attached hydrogens (tertiary/aromatic N) is 2. The summed E-state index contributed by atoms with van der Waals surface area (Å²) < 4.78 is 6.29. The lowest BCUT2D eigenvalue weighted by Crippen LogP contribution is -2.31. The van der Waals surface area contributed by atoms with Crippen molar-refractivity contribution in [3.63, 3.8) is 0 Å². The molecule has 0 aliphatic carbocycles. The van der Waals surface area contributed by atoms with Crippen LogP contribution in [-0.4, -0.2) is 29.9 Å². The van der Waals surface area contributed by atoms with E-state index in [1.54, 1.807) is 37.4 Å². The summed E-state index contributed by atoms with van der Waals surface area (Å²) in [5.41, 5.74) is 2.65. The van der Waals surface area contributed by atoms with Gasteiger partial charge in [-0.2, -0.15) is 0 Å². The molecule has 0 N–H and O–H groups in total. The monoisotopic (exact) mass is 436 g/mol. The van der Waals surface area contributed by atoms with Crippen LogP contribution in [0.25, 0.3) is 6.08 Å². The molecule has 0 saturated carbocycles. The summed E-state index contributed by atoms with van der Waals surface area (Å²) in [5, 5.41) is 0. The van der Waals surface area contributed by atoms with Gasteiger partial charge in [-0.3, -0.25) is 9.78 Å². The van der Waals surface area contributed by atoms with Gasteiger partial charge in [-0.1, -0.05) is 52.3 Å². The lowest BCUT2D eigenvalue weighted by atomic mass is 10.0. The Bertz CT molecular complexity index is 919. The molecule has 1 aromatic heterocycles. The molecule has 0 radical (unpaired) electrons. The molecule has 1 amide bonds. The molecule has 4 nitrogen and oxygen atoms in total. The first kappa shape index (κ1) is 19.8. The molecule has 0 aliphatic heterocycles. The highest BCUT2D eigenvalue weighted by Crippen LogP contribution is 2.27. The summed E-state index contributed by atoms with van der Waals surface area (Å²) in [6.07, 6.45) is 5.07. The Morgan fingerprint density at radius 1 is 1.11 bits per heavy atom. The topological polar surface area (TPSA) is 42.4 Å². The average Bonchev–Trinajstić information content (AvgIpc) is 2.73. The minimum atomic E-state index is -0.274. The van der Waals surface area contributed by atoms with Crippen LogP contribution in [0.5, 0.6) is 5.75 Å². The number of methoxy groups -OCH3 is 1. The molecule has 3 aromatic rings. The number of ether oxygens (including phenoxy) is 1. The van der Waals surface area contributed by atoms with E-state index in [1.165, 1.54) is 0 Å². The lowest BCUT2D eigenvalue weighted by molar-refractivity contribution is -0.126. The number of likely N-dealkylation sites (N-methyl/N-ethyl adjacent to an activating group) is 1. The van der Waals surface area contributed by atoms with Gasteiger partial charge in [0, 0.05) is 29.4 Å². The molecule has 2 aromatic carbocycles. The van der Waals surface area contributed by atoms with E-state index in [9.17, 15) is 4.79 Å². The van der Waals surface area contributed by atoms with Crippen LogP contribution in [0, 0.1) is 0 Å². The Hall–Kier alpha value is -2.92. The van der Waals surface area contributed by atoms with Crippen LogP contribution in [0.15, 0.2) is 83.5 Å². The Morgan fingerprint density at radius 2 is 1.86 bits per heavy atom. The van der Waals surface area contributed by atoms with Crippen molar-refractivity contribution in [2.45, 2.75) is 6.04 Å². The first-order chi connectivity index (χ1) is 13.6. The van der Waals surface area contributed by atoms with Crippen molar-refractivity contribution in [1.82, 2.24) is 9.88 Å². The zero-order valence-electron chi connectivity index (χ0n) is 15.7. The van der Waals surface area contributed by atoms with Gasteiger partial charge in [0.1, 0.15) is 5.75 Å². The highest BCUT2D eigenvalue weighted by Gasteiger charge is 2.23. The minimum Gasteiger partial charge on any atom is -0.496 e. The van der Waals surface area contributed by atoms with Gasteiger partial charge in [0.15, 0.2) is 0 Å². The first-order valence-electron chi connectivity index (χ1n) is 8.84. The van der Waals surface area contributed by atoms with Crippen LogP contribution in [0.4, 0.5) is 0 Å². The number of hydrogen-bond acceptors (Lipinski definition) is 3. The molecule has 0 fully saturated rings. The van der Waals surface area contributed by atoms with Crippen LogP contribution in [-0.2, 0) is 4.79 Å². The van der Waals surface area contributed by atoms with Crippen LogP contribution >= 0.6 is 15.9 Å². The van der Waals surface area contributed by atoms with Crippen molar-refractivity contribution in [2.24, 2.45) is 0 Å². The summed E-state index contributed by atoms with van der Waals surface area (Å²) in [5.74, 6) is 0.584. The second-order valence-corrected chi connectivity index (χ2v) is 7.15. The number of halogens is 1. The van der Waals surface area contributed by atoms with Gasteiger partial charge in [0.05, 0.1) is 18.8 Å². The first-order valence-corrected chi connectivity index (χ1v) is 9.63. The fraction of sp³-hybridized carbons (Fsp3) is 0.130. The zero-order chi connectivity index (χ0) is 19.9. The van der Waals surface area contributed by atoms with E-state index in [0.717, 1.165) is 21.3 Å². The summed E-state index contributed by atoms with van der Waals surface area (Å²) in [6, 6.07) is 21.0. The summed E-state index contributed by atoms with van der Waals surface area (Å²) in [6.45, 7) is 0. The van der Waals surface area contributed by atoms with Crippen LogP contribution in [0.1, 0.15) is 22.9 Å². The molecule has 0 aliphatic rings. The highest BCUT2D eigenvalue weighted by atomic mass is 79.9. The minimum absolute atomic E-state index is 0.124. The largest absolute Gasteiger partial charge is 0.496 e. The molecule has 28 heavy (non-hydrogen) atoms. The number of aromatic nitrogens is 1. The molecule has 0 saturated heterocycles. The molecule has 1 atom stereocenters. The molecule has 142 valence electrons. The molecule has 5 heteroatoms. The summed E-state index contributed by atoms with van der Waals surface area (Å²) >= 11 is 3.45. The van der Waals surface area contributed by atoms with Crippen molar-refractivity contribution in [2.75, 3.05) is 14.2 Å². The van der Waals surface area contributed by atoms with Crippen molar-refractivity contribution in [3.8, 4) is 5.75 Å². The number of benzene rings is 2. The molecular weight excluding hydrogens is 416 g/mol. The van der Waals surface area contributed by atoms with Crippen molar-refractivity contribution >= 4 is 27.9 Å². The van der Waals surface area contributed by atoms with E-state index in [0.29, 0.717) is 5.75 Å². The van der Waals surface area contributed by atoms with E-state index in [4.69, 9.17) is 4.74 Å². The van der Waals surface area contributed by atoms with Crippen molar-refractivity contribution < 1.29 is 9.53 Å². The zero-order valence-corrected chi connectivity index (χ0v) is 17.3. The normalized spacial score (nSPS) is 12.0. The third kappa shape index (κ3) is 4.67. The molecule has 0 unspecified atom stereocenters. The molecular formula is C23H21BrN2O2. The number of amides is 1. The molecule has 3 rings (SSSR count). The van der Waals surface area contributed by atoms with E-state index >= 15 is 0 Å². The Kier molecular flexibility index (Phi) is 6.61. The summed E-state index contributed by atoms with van der Waals surface area (Å²) in [7, 11) is 3.40. The summed E-state index contributed by atoms with van der Waals surface area (Å²) in [4.78, 5) is 19.1. The maximum absolute atomic E-state index is 12.9.